The molecule has 3 aliphatic heterocycles. The molecule has 242 valence electrons. The van der Waals surface area contributed by atoms with Crippen LogP contribution in [0.4, 0.5) is 5.69 Å². The Morgan fingerprint density at radius 3 is 2.41 bits per heavy atom. The van der Waals surface area contributed by atoms with E-state index in [9.17, 15) is 19.5 Å². The minimum Gasteiger partial charge on any atom is -0.494 e. The fraction of sp³-hybridized carbons (Fsp3) is 0.629. The summed E-state index contributed by atoms with van der Waals surface area (Å²) in [6, 6.07) is 6.47. The van der Waals surface area contributed by atoms with Crippen LogP contribution in [0.25, 0.3) is 0 Å². The number of hydrogen-bond donors (Lipinski definition) is 1. The van der Waals surface area contributed by atoms with E-state index in [4.69, 9.17) is 9.47 Å². The summed E-state index contributed by atoms with van der Waals surface area (Å²) < 4.78 is 12.6. The molecule has 3 aliphatic rings. The van der Waals surface area contributed by atoms with E-state index in [2.05, 4.69) is 20.1 Å². The lowest BCUT2D eigenvalue weighted by molar-refractivity contribution is -0.154. The lowest BCUT2D eigenvalue weighted by atomic mass is 9.64. The average Bonchev–Trinajstić information content (AvgIpc) is 3.62. The molecule has 3 heterocycles. The predicted molar refractivity (Wildman–Crippen MR) is 171 cm³/mol. The van der Waals surface area contributed by atoms with Crippen molar-refractivity contribution in [1.82, 2.24) is 9.80 Å². The number of amides is 3. The van der Waals surface area contributed by atoms with Gasteiger partial charge in [-0.05, 0) is 76.6 Å². The second kappa shape index (κ2) is 14.3. The molecule has 9 heteroatoms. The van der Waals surface area contributed by atoms with Crippen LogP contribution >= 0.6 is 0 Å². The number of ether oxygens (including phenoxy) is 2. The zero-order chi connectivity index (χ0) is 32.1. The zero-order valence-corrected chi connectivity index (χ0v) is 27.0. The van der Waals surface area contributed by atoms with Crippen molar-refractivity contribution in [3.8, 4) is 5.75 Å². The predicted octanol–water partition coefficient (Wildman–Crippen LogP) is 4.73. The summed E-state index contributed by atoms with van der Waals surface area (Å²) in [5, 5.41) is 9.50. The summed E-state index contributed by atoms with van der Waals surface area (Å²) in [5.41, 5.74) is -1.27. The molecule has 4 rings (SSSR count). The number of fused-ring (bicyclic) bond motifs is 1. The third kappa shape index (κ3) is 5.81. The number of aliphatic hydroxyl groups excluding tert-OH is 1. The van der Waals surface area contributed by atoms with E-state index in [0.29, 0.717) is 63.2 Å². The lowest BCUT2D eigenvalue weighted by Gasteiger charge is -2.39. The Labute approximate surface area is 262 Å². The Hall–Kier alpha value is -3.17. The topological polar surface area (TPSA) is 99.6 Å². The van der Waals surface area contributed by atoms with Crippen molar-refractivity contribution in [2.24, 2.45) is 11.8 Å². The molecule has 9 nitrogen and oxygen atoms in total. The highest BCUT2D eigenvalue weighted by molar-refractivity contribution is 6.03. The number of aliphatic hydroxyl groups is 1. The van der Waals surface area contributed by atoms with E-state index in [0.717, 1.165) is 12.8 Å². The van der Waals surface area contributed by atoms with Gasteiger partial charge in [0.1, 0.15) is 17.4 Å². The molecular weight excluding hydrogens is 558 g/mol. The number of carbonyl (C=O) groups is 3. The quantitative estimate of drug-likeness (QED) is 0.203. The van der Waals surface area contributed by atoms with Gasteiger partial charge < -0.3 is 29.3 Å². The Kier molecular flexibility index (Phi) is 10.9. The average molecular weight is 610 g/mol. The molecule has 3 amide bonds. The first-order valence-corrected chi connectivity index (χ1v) is 16.4. The first-order valence-electron chi connectivity index (χ1n) is 16.4. The Morgan fingerprint density at radius 2 is 1.82 bits per heavy atom. The van der Waals surface area contributed by atoms with E-state index in [1.807, 2.05) is 49.9 Å². The third-order valence-corrected chi connectivity index (χ3v) is 9.87. The van der Waals surface area contributed by atoms with Crippen LogP contribution in [0.3, 0.4) is 0 Å². The minimum absolute atomic E-state index is 0.000490. The van der Waals surface area contributed by atoms with Crippen LogP contribution < -0.4 is 9.64 Å². The normalized spacial score (nSPS) is 27.6. The Balaban J connectivity index is 1.79. The Morgan fingerprint density at radius 1 is 1.11 bits per heavy atom. The molecule has 3 unspecified atom stereocenters. The summed E-state index contributed by atoms with van der Waals surface area (Å²) in [7, 11) is 0. The van der Waals surface area contributed by atoms with Crippen molar-refractivity contribution in [3.63, 3.8) is 0 Å². The highest BCUT2D eigenvalue weighted by Gasteiger charge is 2.79. The molecule has 1 aromatic carbocycles. The van der Waals surface area contributed by atoms with Gasteiger partial charge in [-0.1, -0.05) is 32.4 Å². The van der Waals surface area contributed by atoms with Crippen LogP contribution in [-0.2, 0) is 19.1 Å². The SMILES string of the molecule is C=CCN(C(=O)[C@@H]1[C@H]2C(=O)N(CCCCO)C(C(=O)N(CC=C)C(C)CCC)C23CC[C@@]1(CC)O3)c1ccc(OCC)cc1. The minimum atomic E-state index is -1.10. The van der Waals surface area contributed by atoms with Crippen molar-refractivity contribution >= 4 is 23.4 Å². The molecule has 0 saturated carbocycles. The van der Waals surface area contributed by atoms with Crippen LogP contribution in [0.1, 0.15) is 72.6 Å². The van der Waals surface area contributed by atoms with Crippen LogP contribution in [-0.4, -0.2) is 88.8 Å². The summed E-state index contributed by atoms with van der Waals surface area (Å²) >= 11 is 0. The van der Waals surface area contributed by atoms with Gasteiger partial charge in [0.15, 0.2) is 0 Å². The highest BCUT2D eigenvalue weighted by atomic mass is 16.5. The highest BCUT2D eigenvalue weighted by Crippen LogP contribution is 2.64. The Bertz CT molecular complexity index is 1200. The largest absolute Gasteiger partial charge is 0.494 e. The van der Waals surface area contributed by atoms with Crippen LogP contribution in [0.15, 0.2) is 49.6 Å². The molecule has 3 fully saturated rings. The zero-order valence-electron chi connectivity index (χ0n) is 27.0. The molecular formula is C35H51N3O6. The van der Waals surface area contributed by atoms with E-state index < -0.39 is 29.1 Å². The number of hydrogen-bond acceptors (Lipinski definition) is 6. The van der Waals surface area contributed by atoms with Crippen LogP contribution in [0, 0.1) is 11.8 Å². The molecule has 3 saturated heterocycles. The molecule has 0 aromatic heterocycles. The van der Waals surface area contributed by atoms with E-state index in [1.54, 1.807) is 22.0 Å². The van der Waals surface area contributed by atoms with Crippen LogP contribution in [0.5, 0.6) is 5.75 Å². The molecule has 2 bridgehead atoms. The number of likely N-dealkylation sites (tertiary alicyclic amines) is 1. The van der Waals surface area contributed by atoms with Crippen molar-refractivity contribution in [1.29, 1.82) is 0 Å². The van der Waals surface area contributed by atoms with E-state index in [1.165, 1.54) is 0 Å². The van der Waals surface area contributed by atoms with Crippen molar-refractivity contribution in [2.45, 2.75) is 95.9 Å². The molecule has 6 atom stereocenters. The van der Waals surface area contributed by atoms with Gasteiger partial charge in [-0.2, -0.15) is 0 Å². The van der Waals surface area contributed by atoms with Crippen LogP contribution in [0.2, 0.25) is 0 Å². The van der Waals surface area contributed by atoms with E-state index in [-0.39, 0.29) is 36.9 Å². The van der Waals surface area contributed by atoms with Gasteiger partial charge in [-0.15, -0.1) is 13.2 Å². The standard InChI is InChI=1S/C35H51N3O6/c1-7-14-25(6)36(21-8-2)33(42)30-35-20-19-34(10-4,44-35)28(29(35)32(41)38(30)23-12-13-24-39)31(40)37(22-9-3)26-15-17-27(18-16-26)43-11-5/h8-9,15-18,25,28-30,39H,2-3,7,10-14,19-24H2,1,4-6H3/t25?,28-,29-,30?,34+,35?/m0/s1. The number of anilines is 1. The maximum atomic E-state index is 14.7. The molecule has 1 aromatic rings. The number of unbranched alkanes of at least 4 members (excludes halogenated alkanes) is 1. The van der Waals surface area contributed by atoms with Crippen molar-refractivity contribution in [3.05, 3.63) is 49.6 Å². The van der Waals surface area contributed by atoms with E-state index >= 15 is 0 Å². The summed E-state index contributed by atoms with van der Waals surface area (Å²) in [5.74, 6) is -1.38. The smallest absolute Gasteiger partial charge is 0.248 e. The number of benzene rings is 1. The van der Waals surface area contributed by atoms with Crippen molar-refractivity contribution in [2.75, 3.05) is 37.7 Å². The van der Waals surface area contributed by atoms with Gasteiger partial charge in [-0.3, -0.25) is 14.4 Å². The number of nitrogens with zero attached hydrogens (tertiary/aromatic N) is 3. The first kappa shape index (κ1) is 33.7. The number of carbonyl (C=O) groups excluding carboxylic acids is 3. The summed E-state index contributed by atoms with van der Waals surface area (Å²) in [6.07, 6.45) is 7.87. The summed E-state index contributed by atoms with van der Waals surface area (Å²) in [4.78, 5) is 49.0. The van der Waals surface area contributed by atoms with Gasteiger partial charge in [0.25, 0.3) is 0 Å². The van der Waals surface area contributed by atoms with Crippen molar-refractivity contribution < 1.29 is 29.0 Å². The molecule has 0 radical (unpaired) electrons. The van der Waals surface area contributed by atoms with Gasteiger partial charge in [0.2, 0.25) is 17.7 Å². The molecule has 44 heavy (non-hydrogen) atoms. The first-order chi connectivity index (χ1) is 21.2. The fourth-order valence-electron chi connectivity index (χ4n) is 7.87. The van der Waals surface area contributed by atoms with Gasteiger partial charge in [-0.25, -0.2) is 0 Å². The molecule has 1 spiro atoms. The molecule has 0 aliphatic carbocycles. The van der Waals surface area contributed by atoms with Gasteiger partial charge in [0.05, 0.1) is 24.0 Å². The second-order valence-electron chi connectivity index (χ2n) is 12.4. The lowest BCUT2D eigenvalue weighted by Crippen LogP contribution is -2.58. The van der Waals surface area contributed by atoms with Gasteiger partial charge in [0, 0.05) is 38.0 Å². The monoisotopic (exact) mass is 609 g/mol. The molecule has 1 N–H and O–H groups in total. The third-order valence-electron chi connectivity index (χ3n) is 9.87. The second-order valence-corrected chi connectivity index (χ2v) is 12.4. The maximum absolute atomic E-state index is 14.7. The maximum Gasteiger partial charge on any atom is 0.248 e. The summed E-state index contributed by atoms with van der Waals surface area (Å²) in [6.45, 7) is 17.3. The van der Waals surface area contributed by atoms with Gasteiger partial charge >= 0.3 is 0 Å². The number of rotatable bonds is 17. The fourth-order valence-corrected chi connectivity index (χ4v) is 7.87.